The molecule has 3 atom stereocenters. The van der Waals surface area contributed by atoms with E-state index >= 15 is 0 Å². The summed E-state index contributed by atoms with van der Waals surface area (Å²) in [5.41, 5.74) is 0.817. The van der Waals surface area contributed by atoms with Crippen LogP contribution in [0.1, 0.15) is 38.8 Å². The van der Waals surface area contributed by atoms with E-state index < -0.39 is 6.04 Å². The molecule has 2 N–H and O–H groups in total. The minimum Gasteiger partial charge on any atom is -0.348 e. The number of aromatic amines is 1. The molecule has 1 aromatic rings. The Bertz CT molecular complexity index is 544. The Morgan fingerprint density at radius 3 is 2.77 bits per heavy atom. The van der Waals surface area contributed by atoms with Crippen molar-refractivity contribution in [3.05, 3.63) is 18.2 Å². The van der Waals surface area contributed by atoms with Crippen molar-refractivity contribution in [1.82, 2.24) is 15.3 Å². The number of nitrogens with one attached hydrogen (secondary N) is 2. The van der Waals surface area contributed by atoms with Gasteiger partial charge in [0.1, 0.15) is 0 Å². The molecule has 0 spiro atoms. The number of nitrogens with zero attached hydrogens (tertiary/aromatic N) is 1. The fourth-order valence-electron chi connectivity index (χ4n) is 2.72. The third-order valence-corrected chi connectivity index (χ3v) is 4.97. The fraction of sp³-hybridized carbons (Fsp3) is 0.600. The van der Waals surface area contributed by atoms with Crippen LogP contribution in [0.15, 0.2) is 12.5 Å². The van der Waals surface area contributed by atoms with Crippen LogP contribution in [-0.2, 0) is 20.8 Å². The maximum Gasteiger partial charge on any atom is 0.223 e. The van der Waals surface area contributed by atoms with Gasteiger partial charge in [0.05, 0.1) is 12.4 Å². The largest absolute Gasteiger partial charge is 0.348 e. The van der Waals surface area contributed by atoms with Gasteiger partial charge in [0, 0.05) is 36.4 Å². The number of hydrogen-bond acceptors (Lipinski definition) is 5. The van der Waals surface area contributed by atoms with Gasteiger partial charge in [-0.05, 0) is 26.2 Å². The highest BCUT2D eigenvalue weighted by molar-refractivity contribution is 8.14. The molecule has 1 aliphatic carbocycles. The fourth-order valence-corrected chi connectivity index (χ4v) is 3.77. The Labute approximate surface area is 133 Å². The van der Waals surface area contributed by atoms with E-state index in [1.807, 2.05) is 0 Å². The summed E-state index contributed by atoms with van der Waals surface area (Å²) in [6, 6.07) is -0.535. The van der Waals surface area contributed by atoms with Gasteiger partial charge in [0.25, 0.3) is 0 Å². The second-order valence-electron chi connectivity index (χ2n) is 5.69. The summed E-state index contributed by atoms with van der Waals surface area (Å²) in [5.74, 6) is -0.276. The molecule has 1 amide bonds. The van der Waals surface area contributed by atoms with E-state index in [4.69, 9.17) is 0 Å². The first-order valence-electron chi connectivity index (χ1n) is 7.41. The number of ketones is 1. The molecule has 0 bridgehead atoms. The van der Waals surface area contributed by atoms with Crippen LogP contribution in [0.25, 0.3) is 0 Å². The number of hydrogen-bond donors (Lipinski definition) is 2. The molecular formula is C15H21N3O3S. The van der Waals surface area contributed by atoms with E-state index in [0.29, 0.717) is 12.8 Å². The van der Waals surface area contributed by atoms with Crippen molar-refractivity contribution >= 4 is 28.6 Å². The Hall–Kier alpha value is -1.63. The normalized spacial score (nSPS) is 22.3. The summed E-state index contributed by atoms with van der Waals surface area (Å²) in [5, 5.41) is 3.15. The van der Waals surface area contributed by atoms with E-state index in [2.05, 4.69) is 15.3 Å². The molecule has 0 aliphatic heterocycles. The van der Waals surface area contributed by atoms with Crippen LogP contribution >= 0.6 is 11.8 Å². The van der Waals surface area contributed by atoms with E-state index in [-0.39, 0.29) is 28.0 Å². The zero-order valence-corrected chi connectivity index (χ0v) is 13.6. The van der Waals surface area contributed by atoms with Crippen LogP contribution in [-0.4, -0.2) is 38.1 Å². The van der Waals surface area contributed by atoms with Crippen LogP contribution in [0, 0.1) is 5.92 Å². The number of aromatic nitrogens is 2. The molecule has 1 aliphatic rings. The van der Waals surface area contributed by atoms with Gasteiger partial charge in [-0.1, -0.05) is 11.8 Å². The SMILES string of the molecule is CC(=O)SC1CCC(C(=O)N[C@@H](Cc2cnc[nH]2)C(C)=O)C1. The molecular weight excluding hydrogens is 302 g/mol. The smallest absolute Gasteiger partial charge is 0.223 e. The number of thioether (sulfide) groups is 1. The lowest BCUT2D eigenvalue weighted by Gasteiger charge is -2.18. The molecule has 0 aromatic carbocycles. The number of carbonyl (C=O) groups excluding carboxylic acids is 3. The molecule has 120 valence electrons. The first-order chi connectivity index (χ1) is 10.5. The second-order valence-corrected chi connectivity index (χ2v) is 7.17. The first-order valence-corrected chi connectivity index (χ1v) is 8.29. The van der Waals surface area contributed by atoms with Gasteiger partial charge in [-0.15, -0.1) is 0 Å². The number of Topliss-reactive ketones (excluding diaryl/α,β-unsaturated/α-hetero) is 1. The van der Waals surface area contributed by atoms with E-state index in [1.54, 1.807) is 19.4 Å². The number of H-pyrrole nitrogens is 1. The quantitative estimate of drug-likeness (QED) is 0.827. The lowest BCUT2D eigenvalue weighted by Crippen LogP contribution is -2.43. The van der Waals surface area contributed by atoms with Crippen molar-refractivity contribution < 1.29 is 14.4 Å². The van der Waals surface area contributed by atoms with Gasteiger partial charge in [0.2, 0.25) is 5.91 Å². The van der Waals surface area contributed by atoms with Crippen LogP contribution < -0.4 is 5.32 Å². The van der Waals surface area contributed by atoms with Crippen LogP contribution in [0.5, 0.6) is 0 Å². The topological polar surface area (TPSA) is 91.9 Å². The average Bonchev–Trinajstić information content (AvgIpc) is 3.08. The Balaban J connectivity index is 1.89. The molecule has 0 saturated heterocycles. The molecule has 1 fully saturated rings. The highest BCUT2D eigenvalue weighted by atomic mass is 32.2. The highest BCUT2D eigenvalue weighted by Gasteiger charge is 2.32. The monoisotopic (exact) mass is 323 g/mol. The summed E-state index contributed by atoms with van der Waals surface area (Å²) in [4.78, 5) is 42.1. The van der Waals surface area contributed by atoms with Gasteiger partial charge < -0.3 is 10.3 Å². The van der Waals surface area contributed by atoms with E-state index in [1.165, 1.54) is 18.7 Å². The van der Waals surface area contributed by atoms with Crippen molar-refractivity contribution in [2.75, 3.05) is 0 Å². The summed E-state index contributed by atoms with van der Waals surface area (Å²) < 4.78 is 0. The van der Waals surface area contributed by atoms with Gasteiger partial charge in [-0.2, -0.15) is 0 Å². The number of rotatable bonds is 6. The van der Waals surface area contributed by atoms with Crippen LogP contribution in [0.2, 0.25) is 0 Å². The Morgan fingerprint density at radius 2 is 2.18 bits per heavy atom. The minimum atomic E-state index is -0.535. The lowest BCUT2D eigenvalue weighted by molar-refractivity contribution is -0.129. The van der Waals surface area contributed by atoms with E-state index in [0.717, 1.165) is 18.5 Å². The van der Waals surface area contributed by atoms with E-state index in [9.17, 15) is 14.4 Å². The molecule has 1 aromatic heterocycles. The molecule has 22 heavy (non-hydrogen) atoms. The summed E-state index contributed by atoms with van der Waals surface area (Å²) in [6.45, 7) is 3.03. The van der Waals surface area contributed by atoms with Gasteiger partial charge in [-0.25, -0.2) is 4.98 Å². The molecule has 7 heteroatoms. The minimum absolute atomic E-state index is 0.0735. The second kappa shape index (κ2) is 7.58. The highest BCUT2D eigenvalue weighted by Crippen LogP contribution is 2.34. The maximum atomic E-state index is 12.3. The average molecular weight is 323 g/mol. The van der Waals surface area contributed by atoms with Gasteiger partial charge >= 0.3 is 0 Å². The third-order valence-electron chi connectivity index (χ3n) is 3.87. The van der Waals surface area contributed by atoms with Gasteiger partial charge in [-0.3, -0.25) is 14.4 Å². The molecule has 1 saturated carbocycles. The summed E-state index contributed by atoms with van der Waals surface area (Å²) >= 11 is 1.31. The van der Waals surface area contributed by atoms with Crippen molar-refractivity contribution in [1.29, 1.82) is 0 Å². The standard InChI is InChI=1S/C15H21N3O3S/c1-9(19)14(6-12-7-16-8-17-12)18-15(21)11-3-4-13(5-11)22-10(2)20/h7-8,11,13-14H,3-6H2,1-2H3,(H,16,17)(H,18,21)/t11?,13?,14-/m0/s1. The predicted octanol–water partition coefficient (Wildman–Crippen LogP) is 1.47. The zero-order chi connectivity index (χ0) is 16.1. The van der Waals surface area contributed by atoms with Crippen molar-refractivity contribution in [2.24, 2.45) is 5.92 Å². The summed E-state index contributed by atoms with van der Waals surface area (Å²) in [6.07, 6.45) is 5.95. The number of imidazole rings is 1. The van der Waals surface area contributed by atoms with Crippen LogP contribution in [0.3, 0.4) is 0 Å². The third kappa shape index (κ3) is 4.69. The Morgan fingerprint density at radius 1 is 1.41 bits per heavy atom. The number of amides is 1. The summed E-state index contributed by atoms with van der Waals surface area (Å²) in [7, 11) is 0. The zero-order valence-electron chi connectivity index (χ0n) is 12.8. The molecule has 1 heterocycles. The van der Waals surface area contributed by atoms with Crippen LogP contribution in [0.4, 0.5) is 0 Å². The molecule has 0 radical (unpaired) electrons. The lowest BCUT2D eigenvalue weighted by atomic mass is 10.0. The molecule has 2 rings (SSSR count). The van der Waals surface area contributed by atoms with Crippen molar-refractivity contribution in [2.45, 2.75) is 50.8 Å². The van der Waals surface area contributed by atoms with Gasteiger partial charge in [0.15, 0.2) is 10.9 Å². The number of carbonyl (C=O) groups is 3. The first kappa shape index (κ1) is 16.7. The van der Waals surface area contributed by atoms with Crippen molar-refractivity contribution in [3.63, 3.8) is 0 Å². The molecule has 2 unspecified atom stereocenters. The Kier molecular flexibility index (Phi) is 5.76. The maximum absolute atomic E-state index is 12.3. The predicted molar refractivity (Wildman–Crippen MR) is 84.3 cm³/mol. The molecule has 6 nitrogen and oxygen atoms in total. The van der Waals surface area contributed by atoms with Crippen molar-refractivity contribution in [3.8, 4) is 0 Å².